The van der Waals surface area contributed by atoms with E-state index < -0.39 is 0 Å². The van der Waals surface area contributed by atoms with Crippen molar-refractivity contribution in [2.45, 2.75) is 46.6 Å². The molecule has 0 aromatic rings. The van der Waals surface area contributed by atoms with E-state index in [-0.39, 0.29) is 17.9 Å². The van der Waals surface area contributed by atoms with Crippen LogP contribution in [-0.2, 0) is 9.53 Å². The highest BCUT2D eigenvalue weighted by molar-refractivity contribution is 5.78. The fraction of sp³-hybridized carbons (Fsp3) is 0.824. The molecule has 120 valence electrons. The zero-order valence-electron chi connectivity index (χ0n) is 13.9. The molecule has 1 N–H and O–H groups in total. The van der Waals surface area contributed by atoms with Crippen molar-refractivity contribution in [3.63, 3.8) is 0 Å². The molecule has 1 saturated heterocycles. The highest BCUT2D eigenvalue weighted by atomic mass is 16.5. The van der Waals surface area contributed by atoms with Crippen LogP contribution in [0.3, 0.4) is 0 Å². The van der Waals surface area contributed by atoms with Crippen LogP contribution in [0.4, 0.5) is 0 Å². The highest BCUT2D eigenvalue weighted by Crippen LogP contribution is 2.05. The van der Waals surface area contributed by atoms with Crippen LogP contribution >= 0.6 is 0 Å². The maximum Gasteiger partial charge on any atom is 0.222 e. The summed E-state index contributed by atoms with van der Waals surface area (Å²) in [6, 6.07) is 0. The van der Waals surface area contributed by atoms with Gasteiger partial charge in [0.05, 0.1) is 19.3 Å². The van der Waals surface area contributed by atoms with Gasteiger partial charge in [0.15, 0.2) is 0 Å². The fourth-order valence-electron chi connectivity index (χ4n) is 2.06. The maximum atomic E-state index is 11.8. The summed E-state index contributed by atoms with van der Waals surface area (Å²) >= 11 is 0. The molecule has 0 spiro atoms. The molecule has 21 heavy (non-hydrogen) atoms. The molecule has 1 heterocycles. The van der Waals surface area contributed by atoms with Gasteiger partial charge in [-0.3, -0.25) is 9.69 Å². The second kappa shape index (κ2) is 9.81. The average molecular weight is 294 g/mol. The van der Waals surface area contributed by atoms with Gasteiger partial charge in [0.25, 0.3) is 0 Å². The first-order valence-electron chi connectivity index (χ1n) is 8.16. The molecule has 0 aliphatic carbocycles. The molecule has 1 fully saturated rings. The molecule has 0 bridgehead atoms. The van der Waals surface area contributed by atoms with Gasteiger partial charge in [-0.2, -0.15) is 0 Å². The number of nitrogens with zero attached hydrogens (tertiary/aromatic N) is 1. The molecule has 4 heteroatoms. The van der Waals surface area contributed by atoms with Gasteiger partial charge in [-0.1, -0.05) is 39.5 Å². The van der Waals surface area contributed by atoms with E-state index in [1.54, 1.807) is 0 Å². The molecule has 3 atom stereocenters. The lowest BCUT2D eigenvalue weighted by Gasteiger charge is -2.31. The highest BCUT2D eigenvalue weighted by Gasteiger charge is 2.21. The number of hydrogen-bond donors (Lipinski definition) is 1. The number of carbonyl (C=O) groups is 1. The van der Waals surface area contributed by atoms with Crippen molar-refractivity contribution < 1.29 is 9.53 Å². The summed E-state index contributed by atoms with van der Waals surface area (Å²) in [5.41, 5.74) is 0. The Morgan fingerprint density at radius 1 is 1.38 bits per heavy atom. The quantitative estimate of drug-likeness (QED) is 0.761. The van der Waals surface area contributed by atoms with Crippen LogP contribution in [0.2, 0.25) is 0 Å². The number of carbonyl (C=O) groups excluding carboxylic acids is 1. The average Bonchev–Trinajstić information content (AvgIpc) is 2.51. The molecule has 1 rings (SSSR count). The summed E-state index contributed by atoms with van der Waals surface area (Å²) in [5.74, 6) is 7.18. The van der Waals surface area contributed by atoms with Gasteiger partial charge in [-0.05, 0) is 12.8 Å². The van der Waals surface area contributed by atoms with E-state index in [0.29, 0.717) is 12.5 Å². The smallest absolute Gasteiger partial charge is 0.222 e. The summed E-state index contributed by atoms with van der Waals surface area (Å²) < 4.78 is 5.72. The predicted octanol–water partition coefficient (Wildman–Crippen LogP) is 1.90. The maximum absolute atomic E-state index is 11.8. The minimum absolute atomic E-state index is 0.0751. The third kappa shape index (κ3) is 6.97. The van der Waals surface area contributed by atoms with E-state index in [0.717, 1.165) is 39.1 Å². The lowest BCUT2D eigenvalue weighted by atomic mass is 10.1. The standard InChI is InChI=1S/C17H30N2O2/c1-5-14(3)8-7-9-19-10-11-21-16(13-19)12-18-17(20)15(4)6-2/h14-16H,5-6,9-13H2,1-4H3,(H,18,20). The van der Waals surface area contributed by atoms with Gasteiger partial charge in [0.2, 0.25) is 5.91 Å². The number of nitrogens with one attached hydrogen (secondary N) is 1. The Kier molecular flexibility index (Phi) is 8.41. The summed E-state index contributed by atoms with van der Waals surface area (Å²) in [5, 5.41) is 2.98. The van der Waals surface area contributed by atoms with Crippen molar-refractivity contribution in [2.75, 3.05) is 32.8 Å². The zero-order valence-corrected chi connectivity index (χ0v) is 13.9. The first-order chi connectivity index (χ1) is 10.1. The number of amides is 1. The van der Waals surface area contributed by atoms with Crippen molar-refractivity contribution in [3.05, 3.63) is 0 Å². The zero-order chi connectivity index (χ0) is 15.7. The van der Waals surface area contributed by atoms with Gasteiger partial charge in [-0.25, -0.2) is 0 Å². The van der Waals surface area contributed by atoms with Crippen molar-refractivity contribution >= 4 is 5.91 Å². The summed E-state index contributed by atoms with van der Waals surface area (Å²) in [6.45, 7) is 12.2. The largest absolute Gasteiger partial charge is 0.374 e. The van der Waals surface area contributed by atoms with Gasteiger partial charge in [0, 0.05) is 31.5 Å². The Morgan fingerprint density at radius 2 is 2.14 bits per heavy atom. The van der Waals surface area contributed by atoms with Crippen LogP contribution in [0.25, 0.3) is 0 Å². The molecular weight excluding hydrogens is 264 g/mol. The minimum Gasteiger partial charge on any atom is -0.374 e. The van der Waals surface area contributed by atoms with Crippen LogP contribution in [0.1, 0.15) is 40.5 Å². The van der Waals surface area contributed by atoms with Gasteiger partial charge >= 0.3 is 0 Å². The Labute approximate surface area is 129 Å². The second-order valence-corrected chi connectivity index (χ2v) is 5.91. The van der Waals surface area contributed by atoms with E-state index in [4.69, 9.17) is 4.74 Å². The minimum atomic E-state index is 0.0751. The van der Waals surface area contributed by atoms with Crippen molar-refractivity contribution in [3.8, 4) is 11.8 Å². The number of rotatable bonds is 6. The van der Waals surface area contributed by atoms with Gasteiger partial charge in [0.1, 0.15) is 0 Å². The SMILES string of the molecule is CCC(C)C#CCN1CCOC(CNC(=O)C(C)CC)C1. The monoisotopic (exact) mass is 294 g/mol. The molecule has 0 saturated carbocycles. The second-order valence-electron chi connectivity index (χ2n) is 5.91. The normalized spacial score (nSPS) is 22.0. The van der Waals surface area contributed by atoms with E-state index >= 15 is 0 Å². The third-order valence-electron chi connectivity index (χ3n) is 4.05. The molecule has 0 aromatic heterocycles. The fourth-order valence-corrected chi connectivity index (χ4v) is 2.06. The molecule has 1 amide bonds. The molecule has 1 aliphatic heterocycles. The molecule has 0 aromatic carbocycles. The summed E-state index contributed by atoms with van der Waals surface area (Å²) in [7, 11) is 0. The topological polar surface area (TPSA) is 41.6 Å². The van der Waals surface area contributed by atoms with Crippen LogP contribution in [0, 0.1) is 23.7 Å². The lowest BCUT2D eigenvalue weighted by molar-refractivity contribution is -0.125. The summed E-state index contributed by atoms with van der Waals surface area (Å²) in [6.07, 6.45) is 2.05. The number of ether oxygens (including phenoxy) is 1. The van der Waals surface area contributed by atoms with Gasteiger partial charge in [-0.15, -0.1) is 0 Å². The lowest BCUT2D eigenvalue weighted by Crippen LogP contribution is -2.48. The first kappa shape index (κ1) is 18.0. The Bertz CT molecular complexity index is 373. The van der Waals surface area contributed by atoms with E-state index in [2.05, 4.69) is 35.9 Å². The first-order valence-corrected chi connectivity index (χ1v) is 8.16. The van der Waals surface area contributed by atoms with Crippen LogP contribution in [0.5, 0.6) is 0 Å². The van der Waals surface area contributed by atoms with E-state index in [1.807, 2.05) is 13.8 Å². The van der Waals surface area contributed by atoms with Gasteiger partial charge < -0.3 is 10.1 Å². The Morgan fingerprint density at radius 3 is 2.81 bits per heavy atom. The van der Waals surface area contributed by atoms with E-state index in [1.165, 1.54) is 0 Å². The Balaban J connectivity index is 2.31. The number of morpholine rings is 1. The number of hydrogen-bond acceptors (Lipinski definition) is 3. The predicted molar refractivity (Wildman–Crippen MR) is 85.9 cm³/mol. The third-order valence-corrected chi connectivity index (χ3v) is 4.05. The molecule has 3 unspecified atom stereocenters. The van der Waals surface area contributed by atoms with Crippen molar-refractivity contribution in [1.82, 2.24) is 10.2 Å². The molecule has 1 aliphatic rings. The molecule has 4 nitrogen and oxygen atoms in total. The Hall–Kier alpha value is -1.05. The van der Waals surface area contributed by atoms with Crippen molar-refractivity contribution in [1.29, 1.82) is 0 Å². The summed E-state index contributed by atoms with van der Waals surface area (Å²) in [4.78, 5) is 14.1. The molecular formula is C17H30N2O2. The van der Waals surface area contributed by atoms with Crippen LogP contribution in [-0.4, -0.2) is 49.7 Å². The van der Waals surface area contributed by atoms with Crippen LogP contribution < -0.4 is 5.32 Å². The van der Waals surface area contributed by atoms with E-state index in [9.17, 15) is 4.79 Å². The van der Waals surface area contributed by atoms with Crippen molar-refractivity contribution in [2.24, 2.45) is 11.8 Å². The molecule has 0 radical (unpaired) electrons. The van der Waals surface area contributed by atoms with Crippen LogP contribution in [0.15, 0.2) is 0 Å².